The maximum Gasteiger partial charge on any atom is 0.205 e. The zero-order valence-electron chi connectivity index (χ0n) is 11.6. The highest BCUT2D eigenvalue weighted by molar-refractivity contribution is 5.79. The summed E-state index contributed by atoms with van der Waals surface area (Å²) in [5, 5.41) is 3.46. The molecule has 2 atom stereocenters. The molecule has 4 heteroatoms. The van der Waals surface area contributed by atoms with Gasteiger partial charge in [-0.2, -0.15) is 0 Å². The number of aliphatic imine (C=N–C) groups is 1. The minimum atomic E-state index is 0.564. The molecule has 0 radical (unpaired) electrons. The van der Waals surface area contributed by atoms with Gasteiger partial charge in [-0.05, 0) is 31.1 Å². The second kappa shape index (κ2) is 6.98. The quantitative estimate of drug-likeness (QED) is 0.312. The predicted molar refractivity (Wildman–Crippen MR) is 76.1 cm³/mol. The van der Waals surface area contributed by atoms with Crippen molar-refractivity contribution < 1.29 is 0 Å². The van der Waals surface area contributed by atoms with Gasteiger partial charge < -0.3 is 5.32 Å². The molecule has 2 aliphatic carbocycles. The molecule has 0 aromatic heterocycles. The Balaban J connectivity index is 1.79. The highest BCUT2D eigenvalue weighted by Gasteiger charge is 2.23. The maximum atomic E-state index is 5.57. The van der Waals surface area contributed by atoms with Gasteiger partial charge in [0.05, 0.1) is 0 Å². The van der Waals surface area contributed by atoms with E-state index in [1.165, 1.54) is 51.4 Å². The number of nitrogens with one attached hydrogen (secondary N) is 2. The molecule has 0 aliphatic heterocycles. The van der Waals surface area contributed by atoms with Crippen LogP contribution in [-0.4, -0.2) is 18.5 Å². The summed E-state index contributed by atoms with van der Waals surface area (Å²) in [6, 6.07) is 0.564. The van der Waals surface area contributed by atoms with Gasteiger partial charge in [0, 0.05) is 12.6 Å². The summed E-state index contributed by atoms with van der Waals surface area (Å²) in [6.07, 6.45) is 10.6. The molecule has 2 rings (SSSR count). The van der Waals surface area contributed by atoms with E-state index in [2.05, 4.69) is 22.7 Å². The Labute approximate surface area is 111 Å². The van der Waals surface area contributed by atoms with Crippen LogP contribution in [0, 0.1) is 11.8 Å². The SMILES string of the molecule is CC1CCCC1CN=C(NN)NC1CCCCC1. The molecule has 18 heavy (non-hydrogen) atoms. The first kappa shape index (κ1) is 13.7. The van der Waals surface area contributed by atoms with E-state index in [0.29, 0.717) is 6.04 Å². The molecule has 0 aromatic rings. The van der Waals surface area contributed by atoms with E-state index in [1.807, 2.05) is 0 Å². The number of nitrogens with two attached hydrogens (primary N) is 1. The van der Waals surface area contributed by atoms with Crippen molar-refractivity contribution in [3.63, 3.8) is 0 Å². The predicted octanol–water partition coefficient (Wildman–Crippen LogP) is 2.16. The molecule has 0 saturated heterocycles. The summed E-state index contributed by atoms with van der Waals surface area (Å²) in [5.41, 5.74) is 2.73. The zero-order chi connectivity index (χ0) is 12.8. The van der Waals surface area contributed by atoms with E-state index in [4.69, 9.17) is 5.84 Å². The Morgan fingerprint density at radius 2 is 1.89 bits per heavy atom. The van der Waals surface area contributed by atoms with E-state index in [1.54, 1.807) is 0 Å². The van der Waals surface area contributed by atoms with Crippen molar-refractivity contribution in [2.75, 3.05) is 6.54 Å². The van der Waals surface area contributed by atoms with Crippen molar-refractivity contribution in [3.8, 4) is 0 Å². The summed E-state index contributed by atoms with van der Waals surface area (Å²) < 4.78 is 0. The average molecular weight is 252 g/mol. The van der Waals surface area contributed by atoms with Crippen molar-refractivity contribution in [1.29, 1.82) is 0 Å². The molecule has 4 N–H and O–H groups in total. The second-order valence-corrected chi connectivity index (χ2v) is 5.98. The Morgan fingerprint density at radius 3 is 2.50 bits per heavy atom. The van der Waals surface area contributed by atoms with Crippen LogP contribution in [0.3, 0.4) is 0 Å². The van der Waals surface area contributed by atoms with Crippen molar-refractivity contribution in [2.24, 2.45) is 22.7 Å². The van der Waals surface area contributed by atoms with Gasteiger partial charge in [0.2, 0.25) is 5.96 Å². The van der Waals surface area contributed by atoms with E-state index in [9.17, 15) is 0 Å². The van der Waals surface area contributed by atoms with Crippen LogP contribution in [0.2, 0.25) is 0 Å². The first-order valence-corrected chi connectivity index (χ1v) is 7.57. The maximum absolute atomic E-state index is 5.57. The van der Waals surface area contributed by atoms with Gasteiger partial charge in [-0.1, -0.05) is 39.0 Å². The van der Waals surface area contributed by atoms with Crippen LogP contribution in [0.1, 0.15) is 58.3 Å². The standard InChI is InChI=1S/C14H28N4/c1-11-6-5-7-12(11)10-16-14(18-15)17-13-8-3-2-4-9-13/h11-13H,2-10,15H2,1H3,(H2,16,17,18). The average Bonchev–Trinajstić information content (AvgIpc) is 2.81. The van der Waals surface area contributed by atoms with E-state index in [0.717, 1.165) is 24.3 Å². The number of hydrazine groups is 1. The molecule has 0 amide bonds. The zero-order valence-corrected chi connectivity index (χ0v) is 11.6. The molecule has 0 bridgehead atoms. The van der Waals surface area contributed by atoms with Crippen LogP contribution in [0.4, 0.5) is 0 Å². The van der Waals surface area contributed by atoms with Crippen LogP contribution < -0.4 is 16.6 Å². The molecule has 0 heterocycles. The summed E-state index contributed by atoms with van der Waals surface area (Å²) in [4.78, 5) is 4.64. The van der Waals surface area contributed by atoms with Crippen LogP contribution in [0.15, 0.2) is 4.99 Å². The largest absolute Gasteiger partial charge is 0.353 e. The molecule has 104 valence electrons. The van der Waals surface area contributed by atoms with Gasteiger partial charge in [0.1, 0.15) is 0 Å². The highest BCUT2D eigenvalue weighted by Crippen LogP contribution is 2.31. The molecule has 2 saturated carbocycles. The molecule has 0 spiro atoms. The topological polar surface area (TPSA) is 62.4 Å². The lowest BCUT2D eigenvalue weighted by atomic mass is 9.96. The molecule has 2 aliphatic rings. The molecule has 2 unspecified atom stereocenters. The fourth-order valence-corrected chi connectivity index (χ4v) is 3.28. The summed E-state index contributed by atoms with van der Waals surface area (Å²) in [5.74, 6) is 7.93. The van der Waals surface area contributed by atoms with Crippen molar-refractivity contribution in [3.05, 3.63) is 0 Å². The highest BCUT2D eigenvalue weighted by atomic mass is 15.3. The minimum Gasteiger partial charge on any atom is -0.353 e. The van der Waals surface area contributed by atoms with Crippen molar-refractivity contribution in [2.45, 2.75) is 64.3 Å². The Kier molecular flexibility index (Phi) is 5.29. The second-order valence-electron chi connectivity index (χ2n) is 5.98. The minimum absolute atomic E-state index is 0.564. The Hall–Kier alpha value is -0.770. The fourth-order valence-electron chi connectivity index (χ4n) is 3.28. The third-order valence-electron chi connectivity index (χ3n) is 4.61. The molecular weight excluding hydrogens is 224 g/mol. The van der Waals surface area contributed by atoms with Gasteiger partial charge in [0.25, 0.3) is 0 Å². The summed E-state index contributed by atoms with van der Waals surface area (Å²) in [6.45, 7) is 3.26. The van der Waals surface area contributed by atoms with Crippen LogP contribution in [0.5, 0.6) is 0 Å². The lowest BCUT2D eigenvalue weighted by molar-refractivity contribution is 0.406. The lowest BCUT2D eigenvalue weighted by Gasteiger charge is -2.24. The molecule has 4 nitrogen and oxygen atoms in total. The first-order valence-electron chi connectivity index (χ1n) is 7.57. The van der Waals surface area contributed by atoms with Gasteiger partial charge in [0.15, 0.2) is 0 Å². The first-order chi connectivity index (χ1) is 8.79. The van der Waals surface area contributed by atoms with Crippen LogP contribution in [0.25, 0.3) is 0 Å². The van der Waals surface area contributed by atoms with Gasteiger partial charge in [-0.3, -0.25) is 10.4 Å². The fraction of sp³-hybridized carbons (Fsp3) is 0.929. The number of hydrogen-bond acceptors (Lipinski definition) is 2. The third kappa shape index (κ3) is 3.87. The van der Waals surface area contributed by atoms with Crippen molar-refractivity contribution in [1.82, 2.24) is 10.7 Å². The number of hydrogen-bond donors (Lipinski definition) is 3. The lowest BCUT2D eigenvalue weighted by Crippen LogP contribution is -2.47. The van der Waals surface area contributed by atoms with E-state index in [-0.39, 0.29) is 0 Å². The molecule has 2 fully saturated rings. The van der Waals surface area contributed by atoms with E-state index >= 15 is 0 Å². The summed E-state index contributed by atoms with van der Waals surface area (Å²) in [7, 11) is 0. The monoisotopic (exact) mass is 252 g/mol. The van der Waals surface area contributed by atoms with E-state index < -0.39 is 0 Å². The Bertz CT molecular complexity index is 271. The molecular formula is C14H28N4. The van der Waals surface area contributed by atoms with Gasteiger partial charge in [-0.25, -0.2) is 5.84 Å². The van der Waals surface area contributed by atoms with Gasteiger partial charge >= 0.3 is 0 Å². The number of rotatable bonds is 3. The summed E-state index contributed by atoms with van der Waals surface area (Å²) >= 11 is 0. The Morgan fingerprint density at radius 1 is 1.11 bits per heavy atom. The number of nitrogens with zero attached hydrogens (tertiary/aromatic N) is 1. The third-order valence-corrected chi connectivity index (χ3v) is 4.61. The van der Waals surface area contributed by atoms with Crippen molar-refractivity contribution >= 4 is 5.96 Å². The normalized spacial score (nSPS) is 30.4. The van der Waals surface area contributed by atoms with Crippen LogP contribution >= 0.6 is 0 Å². The number of guanidine groups is 1. The van der Waals surface area contributed by atoms with Gasteiger partial charge in [-0.15, -0.1) is 0 Å². The van der Waals surface area contributed by atoms with Crippen LogP contribution in [-0.2, 0) is 0 Å². The smallest absolute Gasteiger partial charge is 0.205 e. The molecule has 0 aromatic carbocycles.